The first-order valence-corrected chi connectivity index (χ1v) is 15.2. The van der Waals surface area contributed by atoms with E-state index in [1.807, 2.05) is 0 Å². The molecule has 9 rings (SSSR count). The van der Waals surface area contributed by atoms with Gasteiger partial charge in [0.15, 0.2) is 0 Å². The van der Waals surface area contributed by atoms with Crippen molar-refractivity contribution in [2.24, 2.45) is 0 Å². The number of hydrogen-bond donors (Lipinski definition) is 0. The average Bonchev–Trinajstić information content (AvgIpc) is 3.29. The minimum Gasteiger partial charge on any atom is -0.0622 e. The van der Waals surface area contributed by atoms with E-state index in [2.05, 4.69) is 159 Å². The second kappa shape index (κ2) is 8.90. The van der Waals surface area contributed by atoms with Gasteiger partial charge in [-0.25, -0.2) is 0 Å². The summed E-state index contributed by atoms with van der Waals surface area (Å²) >= 11 is 0. The van der Waals surface area contributed by atoms with E-state index in [1.54, 1.807) is 0 Å². The summed E-state index contributed by atoms with van der Waals surface area (Å²) in [6, 6.07) is 54.1. The van der Waals surface area contributed by atoms with E-state index < -0.39 is 0 Å². The lowest BCUT2D eigenvalue weighted by Crippen LogP contribution is -2.15. The first-order valence-electron chi connectivity index (χ1n) is 15.2. The molecule has 0 nitrogen and oxygen atoms in total. The lowest BCUT2D eigenvalue weighted by molar-refractivity contribution is 0.661. The van der Waals surface area contributed by atoms with Crippen LogP contribution in [0.2, 0.25) is 0 Å². The Morgan fingerprint density at radius 3 is 1.72 bits per heavy atom. The second-order valence-corrected chi connectivity index (χ2v) is 12.4. The highest BCUT2D eigenvalue weighted by molar-refractivity contribution is 6.30. The first-order chi connectivity index (χ1) is 21.1. The molecule has 0 saturated heterocycles. The van der Waals surface area contributed by atoms with Crippen LogP contribution < -0.4 is 0 Å². The van der Waals surface area contributed by atoms with Crippen molar-refractivity contribution in [2.75, 3.05) is 0 Å². The molecule has 0 amide bonds. The van der Waals surface area contributed by atoms with Crippen LogP contribution in [0.25, 0.3) is 76.5 Å². The van der Waals surface area contributed by atoms with Gasteiger partial charge in [-0.05, 0) is 93.7 Å². The molecule has 0 atom stereocenters. The molecule has 0 spiro atoms. The van der Waals surface area contributed by atoms with Gasteiger partial charge in [0.05, 0.1) is 0 Å². The Morgan fingerprint density at radius 1 is 0.372 bits per heavy atom. The SMILES string of the molecule is CC1(C)c2ccccc2-c2c1cc(-c1c3ccccc3c(-c3ccccc3)c3ccc4ccccc4c13)c1ccccc21. The fourth-order valence-corrected chi connectivity index (χ4v) is 7.90. The maximum Gasteiger partial charge on any atom is 0.0159 e. The minimum atomic E-state index is -0.0949. The van der Waals surface area contributed by atoms with Crippen LogP contribution in [0, 0.1) is 0 Å². The Morgan fingerprint density at radius 2 is 0.953 bits per heavy atom. The smallest absolute Gasteiger partial charge is 0.0159 e. The van der Waals surface area contributed by atoms with Crippen LogP contribution in [0.15, 0.2) is 146 Å². The third-order valence-corrected chi connectivity index (χ3v) is 9.83. The third kappa shape index (κ3) is 3.32. The fraction of sp³-hybridized carbons (Fsp3) is 0.0698. The van der Waals surface area contributed by atoms with Crippen LogP contribution in [-0.2, 0) is 5.41 Å². The molecule has 0 aliphatic heterocycles. The molecule has 0 radical (unpaired) electrons. The highest BCUT2D eigenvalue weighted by atomic mass is 14.4. The summed E-state index contributed by atoms with van der Waals surface area (Å²) < 4.78 is 0. The minimum absolute atomic E-state index is 0.0949. The van der Waals surface area contributed by atoms with Gasteiger partial charge in [0, 0.05) is 5.41 Å². The Labute approximate surface area is 251 Å². The standard InChI is InChI=1S/C43H30/c1-43(2)37-23-13-12-22-34(37)40-31-19-9-8-18-30(31)36(26-38(40)43)42-33-21-11-10-20-32(33)39(28-15-4-3-5-16-28)35-25-24-27-14-6-7-17-29(27)41(35)42/h3-26H,1-2H3. The second-order valence-electron chi connectivity index (χ2n) is 12.4. The van der Waals surface area contributed by atoms with Crippen LogP contribution in [-0.4, -0.2) is 0 Å². The summed E-state index contributed by atoms with van der Waals surface area (Å²) in [6.07, 6.45) is 0. The lowest BCUT2D eigenvalue weighted by atomic mass is 9.78. The predicted molar refractivity (Wildman–Crippen MR) is 185 cm³/mol. The summed E-state index contributed by atoms with van der Waals surface area (Å²) in [5.74, 6) is 0. The van der Waals surface area contributed by atoms with E-state index in [0.29, 0.717) is 0 Å². The Kier molecular flexibility index (Phi) is 5.05. The maximum atomic E-state index is 2.53. The fourth-order valence-electron chi connectivity index (χ4n) is 7.90. The van der Waals surface area contributed by atoms with Gasteiger partial charge in [0.1, 0.15) is 0 Å². The number of hydrogen-bond acceptors (Lipinski definition) is 0. The van der Waals surface area contributed by atoms with E-state index >= 15 is 0 Å². The quantitative estimate of drug-likeness (QED) is 0.149. The summed E-state index contributed by atoms with van der Waals surface area (Å²) in [5, 5.41) is 10.4. The average molecular weight is 547 g/mol. The highest BCUT2D eigenvalue weighted by Crippen LogP contribution is 2.55. The number of benzene rings is 8. The molecule has 8 aromatic rings. The van der Waals surface area contributed by atoms with Crippen LogP contribution in [0.3, 0.4) is 0 Å². The number of rotatable bonds is 2. The van der Waals surface area contributed by atoms with Crippen molar-refractivity contribution in [3.8, 4) is 33.4 Å². The van der Waals surface area contributed by atoms with E-state index in [-0.39, 0.29) is 5.41 Å². The molecule has 0 bridgehead atoms. The Balaban J connectivity index is 1.53. The summed E-state index contributed by atoms with van der Waals surface area (Å²) in [7, 11) is 0. The van der Waals surface area contributed by atoms with Gasteiger partial charge in [-0.2, -0.15) is 0 Å². The van der Waals surface area contributed by atoms with Crippen LogP contribution >= 0.6 is 0 Å². The van der Waals surface area contributed by atoms with Crippen molar-refractivity contribution >= 4 is 43.1 Å². The van der Waals surface area contributed by atoms with Gasteiger partial charge in [-0.3, -0.25) is 0 Å². The normalized spacial score (nSPS) is 13.5. The Hall–Kier alpha value is -5.20. The van der Waals surface area contributed by atoms with Gasteiger partial charge in [0.25, 0.3) is 0 Å². The summed E-state index contributed by atoms with van der Waals surface area (Å²) in [6.45, 7) is 4.78. The largest absolute Gasteiger partial charge is 0.0622 e. The van der Waals surface area contributed by atoms with Crippen molar-refractivity contribution in [1.29, 1.82) is 0 Å². The van der Waals surface area contributed by atoms with Gasteiger partial charge in [0.2, 0.25) is 0 Å². The van der Waals surface area contributed by atoms with Gasteiger partial charge in [-0.15, -0.1) is 0 Å². The Bertz CT molecular complexity index is 2410. The van der Waals surface area contributed by atoms with Crippen LogP contribution in [0.4, 0.5) is 0 Å². The molecule has 202 valence electrons. The van der Waals surface area contributed by atoms with E-state index in [4.69, 9.17) is 0 Å². The zero-order valence-corrected chi connectivity index (χ0v) is 24.4. The maximum absolute atomic E-state index is 2.53. The molecular formula is C43H30. The molecule has 0 aromatic heterocycles. The zero-order chi connectivity index (χ0) is 28.7. The third-order valence-electron chi connectivity index (χ3n) is 9.83. The van der Waals surface area contributed by atoms with Crippen molar-refractivity contribution in [3.05, 3.63) is 157 Å². The first kappa shape index (κ1) is 24.4. The molecule has 1 aliphatic carbocycles. The van der Waals surface area contributed by atoms with Crippen molar-refractivity contribution in [2.45, 2.75) is 19.3 Å². The van der Waals surface area contributed by atoms with Gasteiger partial charge >= 0.3 is 0 Å². The molecule has 0 heteroatoms. The molecule has 0 unspecified atom stereocenters. The molecule has 8 aromatic carbocycles. The van der Waals surface area contributed by atoms with E-state index in [1.165, 1.54) is 87.6 Å². The zero-order valence-electron chi connectivity index (χ0n) is 24.4. The lowest BCUT2D eigenvalue weighted by Gasteiger charge is -2.24. The van der Waals surface area contributed by atoms with Gasteiger partial charge < -0.3 is 0 Å². The molecule has 1 aliphatic rings. The predicted octanol–water partition coefficient (Wildman–Crippen LogP) is 11.9. The van der Waals surface area contributed by atoms with Crippen molar-refractivity contribution in [1.82, 2.24) is 0 Å². The molecule has 0 saturated carbocycles. The van der Waals surface area contributed by atoms with Crippen molar-refractivity contribution < 1.29 is 0 Å². The summed E-state index contributed by atoms with van der Waals surface area (Å²) in [5.41, 5.74) is 10.7. The molecule has 0 N–H and O–H groups in total. The molecule has 43 heavy (non-hydrogen) atoms. The highest BCUT2D eigenvalue weighted by Gasteiger charge is 2.37. The number of fused-ring (bicyclic) bond motifs is 9. The monoisotopic (exact) mass is 546 g/mol. The van der Waals surface area contributed by atoms with Gasteiger partial charge in [-0.1, -0.05) is 153 Å². The van der Waals surface area contributed by atoms with E-state index in [0.717, 1.165) is 0 Å². The van der Waals surface area contributed by atoms with Crippen LogP contribution in [0.5, 0.6) is 0 Å². The summed E-state index contributed by atoms with van der Waals surface area (Å²) in [4.78, 5) is 0. The molecular weight excluding hydrogens is 516 g/mol. The van der Waals surface area contributed by atoms with Crippen LogP contribution in [0.1, 0.15) is 25.0 Å². The topological polar surface area (TPSA) is 0 Å². The molecule has 0 heterocycles. The molecule has 0 fully saturated rings. The van der Waals surface area contributed by atoms with E-state index in [9.17, 15) is 0 Å². The van der Waals surface area contributed by atoms with Crippen molar-refractivity contribution in [3.63, 3.8) is 0 Å².